The molecule has 0 amide bonds. The summed E-state index contributed by atoms with van der Waals surface area (Å²) in [4.78, 5) is 2.45. The maximum atomic E-state index is 2.45. The van der Waals surface area contributed by atoms with Crippen molar-refractivity contribution in [1.29, 1.82) is 0 Å². The molecule has 0 fully saturated rings. The summed E-state index contributed by atoms with van der Waals surface area (Å²) in [6.45, 7) is 8.11. The van der Waals surface area contributed by atoms with Gasteiger partial charge in [-0.2, -0.15) is 0 Å². The lowest BCUT2D eigenvalue weighted by Gasteiger charge is -2.27. The second kappa shape index (κ2) is 6.23. The Hall–Kier alpha value is 0.690. The third kappa shape index (κ3) is 5.01. The first-order valence-corrected chi connectivity index (χ1v) is 5.88. The number of halogens is 1. The molecule has 0 bridgehead atoms. The van der Waals surface area contributed by atoms with Gasteiger partial charge in [-0.05, 0) is 32.9 Å². The van der Waals surface area contributed by atoms with Gasteiger partial charge in [0.15, 0.2) is 0 Å². The van der Waals surface area contributed by atoms with E-state index in [9.17, 15) is 0 Å². The summed E-state index contributed by atoms with van der Waals surface area (Å²) < 4.78 is 1.27. The first-order valence-electron chi connectivity index (χ1n) is 4.35. The normalized spacial score (nSPS) is 14.5. The molecule has 0 saturated carbocycles. The second-order valence-corrected chi connectivity index (χ2v) is 4.59. The first kappa shape index (κ1) is 11.7. The van der Waals surface area contributed by atoms with E-state index in [2.05, 4.69) is 55.3 Å². The summed E-state index contributed by atoms with van der Waals surface area (Å²) in [6, 6.07) is 0.720. The second-order valence-electron chi connectivity index (χ2n) is 3.51. The highest BCUT2D eigenvalue weighted by Crippen LogP contribution is 2.08. The van der Waals surface area contributed by atoms with Crippen molar-refractivity contribution >= 4 is 22.6 Å². The van der Waals surface area contributed by atoms with E-state index < -0.39 is 0 Å². The number of rotatable bonds is 5. The van der Waals surface area contributed by atoms with Crippen molar-refractivity contribution in [3.8, 4) is 0 Å². The van der Waals surface area contributed by atoms with Crippen LogP contribution < -0.4 is 0 Å². The van der Waals surface area contributed by atoms with Crippen LogP contribution in [0.1, 0.15) is 27.2 Å². The molecule has 0 radical (unpaired) electrons. The van der Waals surface area contributed by atoms with E-state index in [0.717, 1.165) is 12.0 Å². The molecule has 0 rings (SSSR count). The van der Waals surface area contributed by atoms with Crippen molar-refractivity contribution in [1.82, 2.24) is 4.90 Å². The minimum Gasteiger partial charge on any atom is -0.303 e. The van der Waals surface area contributed by atoms with Gasteiger partial charge in [-0.1, -0.05) is 36.4 Å². The maximum Gasteiger partial charge on any atom is 0.00868 e. The van der Waals surface area contributed by atoms with E-state index in [1.165, 1.54) is 17.4 Å². The smallest absolute Gasteiger partial charge is 0.00868 e. The van der Waals surface area contributed by atoms with Gasteiger partial charge in [0, 0.05) is 10.5 Å². The third-order valence-corrected chi connectivity index (χ3v) is 3.07. The average Bonchev–Trinajstić information content (AvgIpc) is 1.98. The summed E-state index contributed by atoms with van der Waals surface area (Å²) in [7, 11) is 2.22. The zero-order valence-electron chi connectivity index (χ0n) is 8.10. The Morgan fingerprint density at radius 2 is 1.82 bits per heavy atom. The Kier molecular flexibility index (Phi) is 6.62. The van der Waals surface area contributed by atoms with Crippen LogP contribution in [0.25, 0.3) is 0 Å². The fraction of sp³-hybridized carbons (Fsp3) is 1.00. The molecule has 68 valence electrons. The predicted octanol–water partition coefficient (Wildman–Crippen LogP) is 2.79. The monoisotopic (exact) mass is 269 g/mol. The summed E-state index contributed by atoms with van der Waals surface area (Å²) in [5.74, 6) is 0.772. The van der Waals surface area contributed by atoms with Crippen molar-refractivity contribution in [2.75, 3.05) is 18.0 Å². The zero-order valence-corrected chi connectivity index (χ0v) is 10.3. The van der Waals surface area contributed by atoms with Gasteiger partial charge in [-0.25, -0.2) is 0 Å². The standard InChI is InChI=1S/C9H20IN/c1-8(2)9(3)11(4)7-5-6-10/h8-9H,5-7H2,1-4H3/t9-/m0/s1. The summed E-state index contributed by atoms with van der Waals surface area (Å²) in [5.41, 5.74) is 0. The van der Waals surface area contributed by atoms with E-state index in [1.54, 1.807) is 0 Å². The number of nitrogens with zero attached hydrogens (tertiary/aromatic N) is 1. The number of hydrogen-bond acceptors (Lipinski definition) is 1. The number of hydrogen-bond donors (Lipinski definition) is 0. The van der Waals surface area contributed by atoms with Crippen LogP contribution in [-0.2, 0) is 0 Å². The van der Waals surface area contributed by atoms with Crippen molar-refractivity contribution in [3.63, 3.8) is 0 Å². The molecule has 0 N–H and O–H groups in total. The van der Waals surface area contributed by atoms with Crippen LogP contribution in [0.3, 0.4) is 0 Å². The first-order chi connectivity index (χ1) is 5.09. The molecule has 0 aliphatic heterocycles. The summed E-state index contributed by atoms with van der Waals surface area (Å²) in [5, 5.41) is 0. The Balaban J connectivity index is 3.55. The molecular weight excluding hydrogens is 249 g/mol. The molecule has 0 aromatic heterocycles. The van der Waals surface area contributed by atoms with Crippen LogP contribution in [0.15, 0.2) is 0 Å². The summed E-state index contributed by atoms with van der Waals surface area (Å²) >= 11 is 2.43. The molecule has 0 heterocycles. The largest absolute Gasteiger partial charge is 0.303 e. The van der Waals surface area contributed by atoms with Gasteiger partial charge in [0.05, 0.1) is 0 Å². The summed E-state index contributed by atoms with van der Waals surface area (Å²) in [6.07, 6.45) is 1.31. The van der Waals surface area contributed by atoms with Crippen LogP contribution in [0.4, 0.5) is 0 Å². The van der Waals surface area contributed by atoms with Gasteiger partial charge >= 0.3 is 0 Å². The number of alkyl halides is 1. The predicted molar refractivity (Wildman–Crippen MR) is 60.4 cm³/mol. The van der Waals surface area contributed by atoms with Gasteiger partial charge in [0.1, 0.15) is 0 Å². The highest BCUT2D eigenvalue weighted by Gasteiger charge is 2.11. The van der Waals surface area contributed by atoms with Crippen LogP contribution in [0, 0.1) is 5.92 Å². The molecule has 0 aliphatic carbocycles. The molecule has 0 aromatic rings. The molecule has 0 aromatic carbocycles. The molecule has 0 saturated heterocycles. The zero-order chi connectivity index (χ0) is 8.85. The third-order valence-electron chi connectivity index (χ3n) is 2.30. The van der Waals surface area contributed by atoms with Gasteiger partial charge in [0.25, 0.3) is 0 Å². The van der Waals surface area contributed by atoms with Crippen LogP contribution in [0.2, 0.25) is 0 Å². The van der Waals surface area contributed by atoms with Crippen LogP contribution in [-0.4, -0.2) is 29.0 Å². The molecule has 0 aliphatic rings. The minimum absolute atomic E-state index is 0.720. The van der Waals surface area contributed by atoms with Crippen molar-refractivity contribution in [3.05, 3.63) is 0 Å². The maximum absolute atomic E-state index is 2.45. The fourth-order valence-electron chi connectivity index (χ4n) is 1.02. The Morgan fingerprint density at radius 1 is 1.27 bits per heavy atom. The van der Waals surface area contributed by atoms with Gasteiger partial charge in [0.2, 0.25) is 0 Å². The van der Waals surface area contributed by atoms with Gasteiger partial charge in [-0.3, -0.25) is 0 Å². The van der Waals surface area contributed by atoms with E-state index in [1.807, 2.05) is 0 Å². The average molecular weight is 269 g/mol. The molecule has 1 nitrogen and oxygen atoms in total. The van der Waals surface area contributed by atoms with E-state index in [0.29, 0.717) is 0 Å². The van der Waals surface area contributed by atoms with Crippen molar-refractivity contribution < 1.29 is 0 Å². The Morgan fingerprint density at radius 3 is 2.18 bits per heavy atom. The highest BCUT2D eigenvalue weighted by molar-refractivity contribution is 14.1. The van der Waals surface area contributed by atoms with Crippen molar-refractivity contribution in [2.45, 2.75) is 33.2 Å². The lowest BCUT2D eigenvalue weighted by molar-refractivity contribution is 0.209. The topological polar surface area (TPSA) is 3.24 Å². The van der Waals surface area contributed by atoms with Crippen molar-refractivity contribution in [2.24, 2.45) is 5.92 Å². The fourth-order valence-corrected chi connectivity index (χ4v) is 1.36. The lowest BCUT2D eigenvalue weighted by Crippen LogP contribution is -2.34. The Bertz CT molecular complexity index is 93.6. The lowest BCUT2D eigenvalue weighted by atomic mass is 10.1. The SMILES string of the molecule is CC(C)[C@H](C)N(C)CCCI. The molecule has 1 atom stereocenters. The molecule has 0 unspecified atom stereocenters. The molecular formula is C9H20IN. The van der Waals surface area contributed by atoms with Crippen LogP contribution >= 0.6 is 22.6 Å². The molecule has 2 heteroatoms. The van der Waals surface area contributed by atoms with Crippen LogP contribution in [0.5, 0.6) is 0 Å². The Labute approximate surface area is 84.7 Å². The van der Waals surface area contributed by atoms with E-state index in [-0.39, 0.29) is 0 Å². The van der Waals surface area contributed by atoms with E-state index >= 15 is 0 Å². The molecule has 11 heavy (non-hydrogen) atoms. The van der Waals surface area contributed by atoms with E-state index in [4.69, 9.17) is 0 Å². The highest BCUT2D eigenvalue weighted by atomic mass is 127. The minimum atomic E-state index is 0.720. The van der Waals surface area contributed by atoms with Gasteiger partial charge in [-0.15, -0.1) is 0 Å². The molecule has 0 spiro atoms. The van der Waals surface area contributed by atoms with Gasteiger partial charge < -0.3 is 4.90 Å². The quantitative estimate of drug-likeness (QED) is 0.548.